The second-order valence-electron chi connectivity index (χ2n) is 4.54. The van der Waals surface area contributed by atoms with Crippen LogP contribution in [0.4, 0.5) is 0 Å². The van der Waals surface area contributed by atoms with E-state index in [0.29, 0.717) is 10.6 Å². The number of benzene rings is 1. The minimum atomic E-state index is -0.300. The van der Waals surface area contributed by atoms with Crippen LogP contribution in [0.25, 0.3) is 0 Å². The zero-order chi connectivity index (χ0) is 12.2. The van der Waals surface area contributed by atoms with Gasteiger partial charge in [0, 0.05) is 6.21 Å². The van der Waals surface area contributed by atoms with Crippen LogP contribution in [0.3, 0.4) is 0 Å². The number of nitrogens with zero attached hydrogens (tertiary/aromatic N) is 1. The summed E-state index contributed by atoms with van der Waals surface area (Å²) in [7, 11) is 0. The summed E-state index contributed by atoms with van der Waals surface area (Å²) in [6.07, 6.45) is 1.68. The van der Waals surface area contributed by atoms with E-state index >= 15 is 0 Å². The Labute approximate surface area is 101 Å². The lowest BCUT2D eigenvalue weighted by molar-refractivity contribution is 0.0955. The fourth-order valence-electron chi connectivity index (χ4n) is 0.990. The molecule has 0 saturated carbocycles. The highest BCUT2D eigenvalue weighted by atomic mass is 35.5. The minimum absolute atomic E-state index is 0.0617. The van der Waals surface area contributed by atoms with Gasteiger partial charge in [0.15, 0.2) is 0 Å². The molecule has 0 spiro atoms. The maximum Gasteiger partial charge on any atom is 0.272 e. The molecular formula is C12H15ClN2O. The van der Waals surface area contributed by atoms with Gasteiger partial charge in [-0.2, -0.15) is 5.10 Å². The first-order chi connectivity index (χ1) is 7.40. The minimum Gasteiger partial charge on any atom is -0.267 e. The summed E-state index contributed by atoms with van der Waals surface area (Å²) < 4.78 is 0. The number of halogens is 1. The Kier molecular flexibility index (Phi) is 4.07. The van der Waals surface area contributed by atoms with Crippen molar-refractivity contribution in [1.82, 2.24) is 5.43 Å². The van der Waals surface area contributed by atoms with Gasteiger partial charge in [-0.05, 0) is 17.5 Å². The normalized spacial score (nSPS) is 11.8. The lowest BCUT2D eigenvalue weighted by Gasteiger charge is -2.09. The van der Waals surface area contributed by atoms with Crippen molar-refractivity contribution < 1.29 is 4.79 Å². The highest BCUT2D eigenvalue weighted by molar-refractivity contribution is 6.33. The summed E-state index contributed by atoms with van der Waals surface area (Å²) in [5, 5.41) is 4.30. The average molecular weight is 239 g/mol. The second kappa shape index (κ2) is 5.12. The van der Waals surface area contributed by atoms with Gasteiger partial charge in [0.25, 0.3) is 5.91 Å². The Morgan fingerprint density at radius 3 is 2.56 bits per heavy atom. The maximum absolute atomic E-state index is 11.6. The monoisotopic (exact) mass is 238 g/mol. The molecule has 1 amide bonds. The molecule has 0 atom stereocenters. The van der Waals surface area contributed by atoms with Crippen LogP contribution in [-0.2, 0) is 0 Å². The third-order valence-corrected chi connectivity index (χ3v) is 2.07. The van der Waals surface area contributed by atoms with Gasteiger partial charge in [-0.1, -0.05) is 44.5 Å². The zero-order valence-electron chi connectivity index (χ0n) is 9.62. The Hall–Kier alpha value is -1.35. The fourth-order valence-corrected chi connectivity index (χ4v) is 1.21. The van der Waals surface area contributed by atoms with Gasteiger partial charge in [0.05, 0.1) is 10.6 Å². The number of hydrogen-bond donors (Lipinski definition) is 1. The van der Waals surface area contributed by atoms with Gasteiger partial charge in [0.1, 0.15) is 0 Å². The molecule has 0 aliphatic rings. The molecule has 3 nitrogen and oxygen atoms in total. The van der Waals surface area contributed by atoms with E-state index in [1.165, 1.54) is 0 Å². The molecule has 0 radical (unpaired) electrons. The quantitative estimate of drug-likeness (QED) is 0.624. The average Bonchev–Trinajstić information content (AvgIpc) is 2.16. The molecule has 0 fully saturated rings. The van der Waals surface area contributed by atoms with E-state index in [1.54, 1.807) is 30.5 Å². The molecule has 0 aliphatic heterocycles. The van der Waals surface area contributed by atoms with Crippen molar-refractivity contribution in [2.45, 2.75) is 20.8 Å². The fraction of sp³-hybridized carbons (Fsp3) is 0.333. The van der Waals surface area contributed by atoms with Crippen LogP contribution in [0.15, 0.2) is 29.4 Å². The van der Waals surface area contributed by atoms with E-state index in [9.17, 15) is 4.79 Å². The number of carbonyl (C=O) groups is 1. The highest BCUT2D eigenvalue weighted by Crippen LogP contribution is 2.14. The largest absolute Gasteiger partial charge is 0.272 e. The first kappa shape index (κ1) is 12.7. The molecule has 1 rings (SSSR count). The molecule has 86 valence electrons. The summed E-state index contributed by atoms with van der Waals surface area (Å²) >= 11 is 5.88. The van der Waals surface area contributed by atoms with Crippen LogP contribution < -0.4 is 5.43 Å². The van der Waals surface area contributed by atoms with Gasteiger partial charge in [-0.15, -0.1) is 0 Å². The molecule has 0 bridgehead atoms. The topological polar surface area (TPSA) is 41.5 Å². The Bertz CT molecular complexity index is 408. The molecular weight excluding hydrogens is 224 g/mol. The van der Waals surface area contributed by atoms with Crippen molar-refractivity contribution in [1.29, 1.82) is 0 Å². The number of carbonyl (C=O) groups excluding carboxylic acids is 1. The Morgan fingerprint density at radius 2 is 2.00 bits per heavy atom. The van der Waals surface area contributed by atoms with Crippen molar-refractivity contribution in [3.63, 3.8) is 0 Å². The van der Waals surface area contributed by atoms with Crippen molar-refractivity contribution in [2.75, 3.05) is 0 Å². The van der Waals surface area contributed by atoms with Gasteiger partial charge < -0.3 is 0 Å². The Morgan fingerprint density at radius 1 is 1.38 bits per heavy atom. The molecule has 0 unspecified atom stereocenters. The van der Waals surface area contributed by atoms with Crippen LogP contribution in [0, 0.1) is 5.41 Å². The molecule has 0 aliphatic carbocycles. The lowest BCUT2D eigenvalue weighted by atomic mass is 9.99. The molecule has 16 heavy (non-hydrogen) atoms. The number of nitrogens with one attached hydrogen (secondary N) is 1. The molecule has 0 aromatic heterocycles. The zero-order valence-corrected chi connectivity index (χ0v) is 10.4. The van der Waals surface area contributed by atoms with Crippen molar-refractivity contribution in [3.05, 3.63) is 34.9 Å². The summed E-state index contributed by atoms with van der Waals surface area (Å²) in [5.41, 5.74) is 2.81. The van der Waals surface area contributed by atoms with E-state index in [0.717, 1.165) is 0 Å². The standard InChI is InChI=1S/C12H15ClN2O/c1-12(2,3)8-14-15-11(16)9-6-4-5-7-10(9)13/h4-8H,1-3H3,(H,15,16)/b14-8-. The number of hydrogen-bond acceptors (Lipinski definition) is 2. The van der Waals surface area contributed by atoms with Gasteiger partial charge in [0.2, 0.25) is 0 Å². The van der Waals surface area contributed by atoms with Crippen molar-refractivity contribution in [2.24, 2.45) is 10.5 Å². The molecule has 4 heteroatoms. The smallest absolute Gasteiger partial charge is 0.267 e. The molecule has 0 saturated heterocycles. The van der Waals surface area contributed by atoms with E-state index in [-0.39, 0.29) is 11.3 Å². The number of hydrazone groups is 1. The molecule has 1 aromatic rings. The number of rotatable bonds is 2. The Balaban J connectivity index is 2.68. The van der Waals surface area contributed by atoms with E-state index in [4.69, 9.17) is 11.6 Å². The first-order valence-corrected chi connectivity index (χ1v) is 5.37. The summed E-state index contributed by atoms with van der Waals surface area (Å²) in [6, 6.07) is 6.86. The van der Waals surface area contributed by atoms with Gasteiger partial charge in [-0.25, -0.2) is 5.43 Å². The predicted octanol–water partition coefficient (Wildman–Crippen LogP) is 3.10. The molecule has 1 N–H and O–H groups in total. The predicted molar refractivity (Wildman–Crippen MR) is 66.9 cm³/mol. The maximum atomic E-state index is 11.6. The van der Waals surface area contributed by atoms with Crippen LogP contribution >= 0.6 is 11.6 Å². The first-order valence-electron chi connectivity index (χ1n) is 4.99. The van der Waals surface area contributed by atoms with Crippen LogP contribution in [0.2, 0.25) is 5.02 Å². The van der Waals surface area contributed by atoms with E-state index in [1.807, 2.05) is 20.8 Å². The molecule has 1 aromatic carbocycles. The van der Waals surface area contributed by atoms with Crippen LogP contribution in [0.1, 0.15) is 31.1 Å². The molecule has 0 heterocycles. The van der Waals surface area contributed by atoms with E-state index < -0.39 is 0 Å². The van der Waals surface area contributed by atoms with E-state index in [2.05, 4.69) is 10.5 Å². The van der Waals surface area contributed by atoms with Crippen LogP contribution in [0.5, 0.6) is 0 Å². The summed E-state index contributed by atoms with van der Waals surface area (Å²) in [4.78, 5) is 11.6. The van der Waals surface area contributed by atoms with Gasteiger partial charge in [-0.3, -0.25) is 4.79 Å². The third kappa shape index (κ3) is 4.03. The van der Waals surface area contributed by atoms with Crippen molar-refractivity contribution >= 4 is 23.7 Å². The third-order valence-electron chi connectivity index (χ3n) is 1.74. The SMILES string of the molecule is CC(C)(C)/C=N\NC(=O)c1ccccc1Cl. The van der Waals surface area contributed by atoms with Gasteiger partial charge >= 0.3 is 0 Å². The van der Waals surface area contributed by atoms with Crippen LogP contribution in [-0.4, -0.2) is 12.1 Å². The lowest BCUT2D eigenvalue weighted by Crippen LogP contribution is -2.20. The van der Waals surface area contributed by atoms with Crippen molar-refractivity contribution in [3.8, 4) is 0 Å². The summed E-state index contributed by atoms with van der Waals surface area (Å²) in [5.74, 6) is -0.300. The second-order valence-corrected chi connectivity index (χ2v) is 4.95. The summed E-state index contributed by atoms with van der Waals surface area (Å²) in [6.45, 7) is 5.99. The number of amides is 1. The highest BCUT2D eigenvalue weighted by Gasteiger charge is 2.09.